The molecular formula is C27H38ClN3O5S. The number of nitrogens with zero attached hydrogens (tertiary/aromatic N) is 1. The average Bonchev–Trinajstić information content (AvgIpc) is 2.86. The molecule has 1 saturated carbocycles. The third-order valence-electron chi connectivity index (χ3n) is 7.10. The first-order valence-corrected chi connectivity index (χ1v) is 14.7. The molecule has 10 heteroatoms. The molecule has 8 nitrogen and oxygen atoms in total. The van der Waals surface area contributed by atoms with Crippen molar-refractivity contribution in [3.05, 3.63) is 54.1 Å². The normalized spacial score (nSPS) is 18.4. The number of amides is 1. The van der Waals surface area contributed by atoms with Crippen LogP contribution in [0.5, 0.6) is 11.5 Å². The second-order valence-corrected chi connectivity index (χ2v) is 11.9. The minimum absolute atomic E-state index is 0. The third-order valence-corrected chi connectivity index (χ3v) is 7.71. The average molecular weight is 552 g/mol. The number of aliphatic hydroxyl groups is 1. The Kier molecular flexibility index (Phi) is 10.2. The zero-order valence-corrected chi connectivity index (χ0v) is 23.0. The fourth-order valence-electron chi connectivity index (χ4n) is 4.96. The Hall–Kier alpha value is -2.33. The predicted molar refractivity (Wildman–Crippen MR) is 148 cm³/mol. The molecule has 1 heterocycles. The molecule has 0 atom stereocenters. The summed E-state index contributed by atoms with van der Waals surface area (Å²) in [6.45, 7) is 2.76. The highest BCUT2D eigenvalue weighted by Gasteiger charge is 2.39. The van der Waals surface area contributed by atoms with E-state index in [2.05, 4.69) is 14.9 Å². The van der Waals surface area contributed by atoms with E-state index in [0.29, 0.717) is 55.6 Å². The molecule has 0 unspecified atom stereocenters. The van der Waals surface area contributed by atoms with Gasteiger partial charge in [-0.2, -0.15) is 0 Å². The predicted octanol–water partition coefficient (Wildman–Crippen LogP) is 4.30. The van der Waals surface area contributed by atoms with E-state index in [0.717, 1.165) is 18.4 Å². The maximum Gasteiger partial charge on any atom is 0.252 e. The molecule has 2 aliphatic rings. The number of carbonyl (C=O) groups is 1. The van der Waals surface area contributed by atoms with Crippen LogP contribution in [0, 0.1) is 5.92 Å². The van der Waals surface area contributed by atoms with Gasteiger partial charge in [0.25, 0.3) is 5.91 Å². The van der Waals surface area contributed by atoms with Gasteiger partial charge < -0.3 is 15.2 Å². The van der Waals surface area contributed by atoms with E-state index in [1.807, 2.05) is 24.3 Å². The van der Waals surface area contributed by atoms with Gasteiger partial charge in [-0.05, 0) is 73.6 Å². The molecule has 37 heavy (non-hydrogen) atoms. The largest absolute Gasteiger partial charge is 0.457 e. The smallest absolute Gasteiger partial charge is 0.252 e. The van der Waals surface area contributed by atoms with Crippen molar-refractivity contribution in [3.8, 4) is 11.5 Å². The lowest BCUT2D eigenvalue weighted by atomic mass is 9.87. The molecule has 1 aliphatic heterocycles. The minimum Gasteiger partial charge on any atom is -0.457 e. The Labute approximate surface area is 226 Å². The van der Waals surface area contributed by atoms with Gasteiger partial charge in [0.15, 0.2) is 0 Å². The van der Waals surface area contributed by atoms with Crippen molar-refractivity contribution in [3.63, 3.8) is 0 Å². The van der Waals surface area contributed by atoms with E-state index in [9.17, 15) is 18.3 Å². The van der Waals surface area contributed by atoms with E-state index in [1.54, 1.807) is 24.3 Å². The van der Waals surface area contributed by atoms with Crippen LogP contribution in [-0.4, -0.2) is 55.8 Å². The fourth-order valence-corrected chi connectivity index (χ4v) is 5.53. The quantitative estimate of drug-likeness (QED) is 0.429. The first kappa shape index (κ1) is 29.2. The van der Waals surface area contributed by atoms with Crippen LogP contribution in [0.1, 0.15) is 50.5 Å². The van der Waals surface area contributed by atoms with Gasteiger partial charge in [-0.3, -0.25) is 14.4 Å². The molecule has 1 amide bonds. The van der Waals surface area contributed by atoms with Gasteiger partial charge in [0.2, 0.25) is 10.0 Å². The van der Waals surface area contributed by atoms with Gasteiger partial charge in [0.1, 0.15) is 17.1 Å². The van der Waals surface area contributed by atoms with Crippen LogP contribution in [0.3, 0.4) is 0 Å². The van der Waals surface area contributed by atoms with E-state index in [-0.39, 0.29) is 18.3 Å². The van der Waals surface area contributed by atoms with Gasteiger partial charge in [-0.15, -0.1) is 12.4 Å². The lowest BCUT2D eigenvalue weighted by Crippen LogP contribution is -2.54. The van der Waals surface area contributed by atoms with Crippen LogP contribution < -0.4 is 14.8 Å². The number of nitrogens with one attached hydrogen (secondary N) is 2. The second kappa shape index (κ2) is 13.0. The molecule has 0 aromatic heterocycles. The van der Waals surface area contributed by atoms with Gasteiger partial charge in [-0.1, -0.05) is 31.4 Å². The summed E-state index contributed by atoms with van der Waals surface area (Å²) >= 11 is 0. The molecule has 0 bridgehead atoms. The number of rotatable bonds is 9. The molecule has 0 spiro atoms. The van der Waals surface area contributed by atoms with Crippen LogP contribution in [0.4, 0.5) is 5.69 Å². The molecule has 2 aromatic rings. The summed E-state index contributed by atoms with van der Waals surface area (Å²) in [4.78, 5) is 14.9. The maximum absolute atomic E-state index is 12.7. The van der Waals surface area contributed by atoms with Crippen LogP contribution >= 0.6 is 12.4 Å². The number of halogens is 1. The monoisotopic (exact) mass is 551 g/mol. The molecule has 3 N–H and O–H groups in total. The number of sulfonamides is 1. The van der Waals surface area contributed by atoms with Crippen LogP contribution in [0.2, 0.25) is 0 Å². The van der Waals surface area contributed by atoms with Crippen LogP contribution in [-0.2, 0) is 21.4 Å². The van der Waals surface area contributed by atoms with Crippen molar-refractivity contribution in [1.82, 2.24) is 10.2 Å². The fraction of sp³-hybridized carbons (Fsp3) is 0.519. The van der Waals surface area contributed by atoms with E-state index in [1.165, 1.54) is 32.1 Å². The van der Waals surface area contributed by atoms with Crippen molar-refractivity contribution < 1.29 is 23.1 Å². The summed E-state index contributed by atoms with van der Waals surface area (Å²) in [6, 6.07) is 14.5. The minimum atomic E-state index is -3.31. The van der Waals surface area contributed by atoms with Gasteiger partial charge in [0.05, 0.1) is 6.26 Å². The third kappa shape index (κ3) is 8.88. The number of piperidine rings is 1. The van der Waals surface area contributed by atoms with Crippen LogP contribution in [0.25, 0.3) is 0 Å². The van der Waals surface area contributed by atoms with Gasteiger partial charge in [-0.25, -0.2) is 8.42 Å². The Morgan fingerprint density at radius 3 is 2.14 bits per heavy atom. The first-order valence-electron chi connectivity index (χ1n) is 12.8. The molecular weight excluding hydrogens is 514 g/mol. The van der Waals surface area contributed by atoms with Crippen molar-refractivity contribution >= 4 is 34.0 Å². The molecule has 0 radical (unpaired) electrons. The summed E-state index contributed by atoms with van der Waals surface area (Å²) in [7, 11) is -3.31. The Bertz CT molecular complexity index is 1110. The Balaban J connectivity index is 0.00000380. The standard InChI is InChI=1S/C27H37N3O5S.ClH/c1-36(33,34)29-23-9-13-25(14-10-23)35-24-11-7-22(8-12-24)20-30-17-15-27(32,16-18-30)26(31)28-19-21-5-3-2-4-6-21;/h7-14,21,29,32H,2-6,15-20H2,1H3,(H,28,31);1H. The molecule has 204 valence electrons. The number of ether oxygens (including phenoxy) is 1. The van der Waals surface area contributed by atoms with Crippen molar-refractivity contribution in [2.45, 2.75) is 57.1 Å². The topological polar surface area (TPSA) is 108 Å². The molecule has 2 aromatic carbocycles. The summed E-state index contributed by atoms with van der Waals surface area (Å²) in [5, 5.41) is 13.9. The SMILES string of the molecule is CS(=O)(=O)Nc1ccc(Oc2ccc(CN3CCC(O)(C(=O)NCC4CCCCC4)CC3)cc2)cc1.Cl. The summed E-state index contributed by atoms with van der Waals surface area (Å²) in [5.74, 6) is 1.63. The maximum atomic E-state index is 12.7. The first-order chi connectivity index (χ1) is 17.2. The number of hydrogen-bond donors (Lipinski definition) is 3. The number of likely N-dealkylation sites (tertiary alicyclic amines) is 1. The van der Waals surface area contributed by atoms with Gasteiger partial charge >= 0.3 is 0 Å². The Morgan fingerprint density at radius 2 is 1.57 bits per heavy atom. The van der Waals surface area contributed by atoms with Crippen molar-refractivity contribution in [2.75, 3.05) is 30.6 Å². The molecule has 1 saturated heterocycles. The van der Waals surface area contributed by atoms with Crippen molar-refractivity contribution in [2.24, 2.45) is 5.92 Å². The summed E-state index contributed by atoms with van der Waals surface area (Å²) < 4.78 is 30.9. The van der Waals surface area contributed by atoms with Crippen molar-refractivity contribution in [1.29, 1.82) is 0 Å². The highest BCUT2D eigenvalue weighted by Crippen LogP contribution is 2.27. The molecule has 1 aliphatic carbocycles. The number of anilines is 1. The zero-order valence-electron chi connectivity index (χ0n) is 21.3. The highest BCUT2D eigenvalue weighted by molar-refractivity contribution is 7.92. The second-order valence-electron chi connectivity index (χ2n) is 10.2. The number of carbonyl (C=O) groups excluding carboxylic acids is 1. The highest BCUT2D eigenvalue weighted by atomic mass is 35.5. The van der Waals surface area contributed by atoms with Crippen LogP contribution in [0.15, 0.2) is 48.5 Å². The van der Waals surface area contributed by atoms with E-state index < -0.39 is 15.6 Å². The van der Waals surface area contributed by atoms with Gasteiger partial charge in [0, 0.05) is 31.9 Å². The summed E-state index contributed by atoms with van der Waals surface area (Å²) in [5.41, 5.74) is 0.340. The van der Waals surface area contributed by atoms with E-state index in [4.69, 9.17) is 4.74 Å². The summed E-state index contributed by atoms with van der Waals surface area (Å²) in [6.07, 6.45) is 8.11. The lowest BCUT2D eigenvalue weighted by molar-refractivity contribution is -0.145. The Morgan fingerprint density at radius 1 is 1.00 bits per heavy atom. The molecule has 2 fully saturated rings. The molecule has 4 rings (SSSR count). The zero-order chi connectivity index (χ0) is 25.6. The lowest BCUT2D eigenvalue weighted by Gasteiger charge is -2.37. The van der Waals surface area contributed by atoms with E-state index >= 15 is 0 Å². The number of benzene rings is 2. The number of hydrogen-bond acceptors (Lipinski definition) is 6.